The summed E-state index contributed by atoms with van der Waals surface area (Å²) >= 11 is 0. The van der Waals surface area contributed by atoms with Crippen LogP contribution in [0, 0.1) is 6.92 Å². The van der Waals surface area contributed by atoms with Crippen LogP contribution in [0.1, 0.15) is 30.0 Å². The predicted octanol–water partition coefficient (Wildman–Crippen LogP) is 2.39. The Bertz CT molecular complexity index is 503. The molecule has 96 valence electrons. The van der Waals surface area contributed by atoms with Crippen LogP contribution < -0.4 is 0 Å². The third-order valence-corrected chi connectivity index (χ3v) is 2.16. The van der Waals surface area contributed by atoms with Crippen LogP contribution in [0.4, 0.5) is 0 Å². The lowest BCUT2D eigenvalue weighted by Crippen LogP contribution is -2.05. The van der Waals surface area contributed by atoms with Crippen molar-refractivity contribution < 1.29 is 9.53 Å². The average Bonchev–Trinajstić information content (AvgIpc) is 2.90. The van der Waals surface area contributed by atoms with E-state index in [9.17, 15) is 4.79 Å². The van der Waals surface area contributed by atoms with Crippen molar-refractivity contribution in [1.29, 1.82) is 0 Å². The van der Waals surface area contributed by atoms with Crippen LogP contribution in [0.25, 0.3) is 5.69 Å². The SMILES string of the molecule is CC.COC(=O)c1ncn(-c2ccc(C)cc2)n1. The van der Waals surface area contributed by atoms with Crippen LogP contribution in [0.3, 0.4) is 0 Å². The monoisotopic (exact) mass is 247 g/mol. The number of hydrogen-bond acceptors (Lipinski definition) is 4. The van der Waals surface area contributed by atoms with Gasteiger partial charge in [-0.2, -0.15) is 0 Å². The molecule has 2 rings (SSSR count). The number of methoxy groups -OCH3 is 1. The molecule has 0 fully saturated rings. The first-order valence-electron chi connectivity index (χ1n) is 5.78. The highest BCUT2D eigenvalue weighted by Gasteiger charge is 2.11. The second kappa shape index (κ2) is 6.54. The number of nitrogens with zero attached hydrogens (tertiary/aromatic N) is 3. The first kappa shape index (κ1) is 13.9. The van der Waals surface area contributed by atoms with Crippen molar-refractivity contribution in [2.75, 3.05) is 7.11 Å². The van der Waals surface area contributed by atoms with Crippen molar-refractivity contribution in [3.8, 4) is 5.69 Å². The van der Waals surface area contributed by atoms with Gasteiger partial charge in [-0.3, -0.25) is 0 Å². The zero-order chi connectivity index (χ0) is 13.5. The fraction of sp³-hybridized carbons (Fsp3) is 0.308. The Hall–Kier alpha value is -2.17. The largest absolute Gasteiger partial charge is 0.463 e. The Morgan fingerprint density at radius 3 is 2.39 bits per heavy atom. The normalized spacial score (nSPS) is 9.33. The molecule has 0 amide bonds. The standard InChI is InChI=1S/C11H11N3O2.C2H6/c1-8-3-5-9(6-4-8)14-7-12-10(13-14)11(15)16-2;1-2/h3-7H,1-2H3;1-2H3. The van der Waals surface area contributed by atoms with E-state index in [0.29, 0.717) is 0 Å². The Labute approximate surface area is 106 Å². The molecule has 1 aromatic heterocycles. The lowest BCUT2D eigenvalue weighted by atomic mass is 10.2. The highest BCUT2D eigenvalue weighted by molar-refractivity contribution is 5.84. The molecule has 0 unspecified atom stereocenters. The zero-order valence-electron chi connectivity index (χ0n) is 11.0. The molecule has 0 spiro atoms. The van der Waals surface area contributed by atoms with Crippen molar-refractivity contribution in [3.05, 3.63) is 42.0 Å². The van der Waals surface area contributed by atoms with E-state index < -0.39 is 5.97 Å². The minimum absolute atomic E-state index is 0.0584. The van der Waals surface area contributed by atoms with Crippen molar-refractivity contribution in [3.63, 3.8) is 0 Å². The van der Waals surface area contributed by atoms with Gasteiger partial charge >= 0.3 is 5.97 Å². The molecule has 0 saturated heterocycles. The smallest absolute Gasteiger partial charge is 0.377 e. The molecule has 0 aliphatic rings. The molecule has 0 aliphatic carbocycles. The van der Waals surface area contributed by atoms with Gasteiger partial charge in [-0.05, 0) is 19.1 Å². The molecule has 0 saturated carbocycles. The van der Waals surface area contributed by atoms with Crippen molar-refractivity contribution >= 4 is 5.97 Å². The first-order valence-corrected chi connectivity index (χ1v) is 5.78. The van der Waals surface area contributed by atoms with Crippen molar-refractivity contribution in [1.82, 2.24) is 14.8 Å². The molecular weight excluding hydrogens is 230 g/mol. The molecule has 0 aliphatic heterocycles. The summed E-state index contributed by atoms with van der Waals surface area (Å²) in [7, 11) is 1.30. The topological polar surface area (TPSA) is 57.0 Å². The fourth-order valence-corrected chi connectivity index (χ4v) is 1.27. The van der Waals surface area contributed by atoms with Crippen LogP contribution >= 0.6 is 0 Å². The summed E-state index contributed by atoms with van der Waals surface area (Å²) in [4.78, 5) is 15.0. The van der Waals surface area contributed by atoms with E-state index >= 15 is 0 Å². The molecule has 0 radical (unpaired) electrons. The third-order valence-electron chi connectivity index (χ3n) is 2.16. The number of esters is 1. The van der Waals surface area contributed by atoms with E-state index in [1.165, 1.54) is 18.1 Å². The van der Waals surface area contributed by atoms with Crippen LogP contribution in [0.15, 0.2) is 30.6 Å². The number of aryl methyl sites for hydroxylation is 1. The highest BCUT2D eigenvalue weighted by Crippen LogP contribution is 2.07. The third kappa shape index (κ3) is 3.16. The Morgan fingerprint density at radius 1 is 1.22 bits per heavy atom. The maximum atomic E-state index is 11.2. The lowest BCUT2D eigenvalue weighted by molar-refractivity contribution is 0.0587. The van der Waals surface area contributed by atoms with Gasteiger partial charge in [0.1, 0.15) is 6.33 Å². The van der Waals surface area contributed by atoms with Crippen LogP contribution in [0.5, 0.6) is 0 Å². The van der Waals surface area contributed by atoms with Crippen molar-refractivity contribution in [2.45, 2.75) is 20.8 Å². The molecule has 2 aromatic rings. The molecule has 18 heavy (non-hydrogen) atoms. The van der Waals surface area contributed by atoms with Crippen molar-refractivity contribution in [2.24, 2.45) is 0 Å². The molecule has 5 heteroatoms. The summed E-state index contributed by atoms with van der Waals surface area (Å²) in [5.74, 6) is -0.478. The van der Waals surface area contributed by atoms with Gasteiger partial charge in [-0.1, -0.05) is 31.5 Å². The minimum Gasteiger partial charge on any atom is -0.463 e. The minimum atomic E-state index is -0.536. The van der Waals surface area contributed by atoms with Gasteiger partial charge in [0.05, 0.1) is 12.8 Å². The summed E-state index contributed by atoms with van der Waals surface area (Å²) < 4.78 is 6.06. The van der Waals surface area contributed by atoms with E-state index in [2.05, 4.69) is 14.8 Å². The molecule has 0 N–H and O–H groups in total. The Kier molecular flexibility index (Phi) is 5.05. The van der Waals surface area contributed by atoms with E-state index in [1.54, 1.807) is 0 Å². The Morgan fingerprint density at radius 2 is 1.83 bits per heavy atom. The second-order valence-corrected chi connectivity index (χ2v) is 3.34. The van der Waals surface area contributed by atoms with E-state index in [4.69, 9.17) is 0 Å². The average molecular weight is 247 g/mol. The quantitative estimate of drug-likeness (QED) is 0.764. The maximum absolute atomic E-state index is 11.2. The molecule has 1 heterocycles. The van der Waals surface area contributed by atoms with Gasteiger partial charge in [-0.15, -0.1) is 5.10 Å². The number of ether oxygens (including phenoxy) is 1. The number of carbonyl (C=O) groups is 1. The molecule has 0 bridgehead atoms. The first-order chi connectivity index (χ1) is 8.70. The number of hydrogen-bond donors (Lipinski definition) is 0. The summed E-state index contributed by atoms with van der Waals surface area (Å²) in [6.45, 7) is 6.00. The second-order valence-electron chi connectivity index (χ2n) is 3.34. The van der Waals surface area contributed by atoms with Gasteiger partial charge in [0.15, 0.2) is 0 Å². The van der Waals surface area contributed by atoms with Gasteiger partial charge in [0.25, 0.3) is 5.82 Å². The van der Waals surface area contributed by atoms with E-state index in [-0.39, 0.29) is 5.82 Å². The van der Waals surface area contributed by atoms with Crippen LogP contribution in [0.2, 0.25) is 0 Å². The summed E-state index contributed by atoms with van der Waals surface area (Å²) in [6, 6.07) is 7.75. The van der Waals surface area contributed by atoms with Gasteiger partial charge in [-0.25, -0.2) is 14.5 Å². The predicted molar refractivity (Wildman–Crippen MR) is 68.8 cm³/mol. The lowest BCUT2D eigenvalue weighted by Gasteiger charge is -1.99. The van der Waals surface area contributed by atoms with Crippen LogP contribution in [-0.4, -0.2) is 27.8 Å². The number of carbonyl (C=O) groups excluding carboxylic acids is 1. The number of aromatic nitrogens is 3. The molecule has 5 nitrogen and oxygen atoms in total. The summed E-state index contributed by atoms with van der Waals surface area (Å²) in [5, 5.41) is 4.01. The Balaban J connectivity index is 0.000000771. The highest BCUT2D eigenvalue weighted by atomic mass is 16.5. The van der Waals surface area contributed by atoms with E-state index in [0.717, 1.165) is 11.3 Å². The van der Waals surface area contributed by atoms with Gasteiger partial charge in [0, 0.05) is 0 Å². The zero-order valence-corrected chi connectivity index (χ0v) is 11.0. The maximum Gasteiger partial charge on any atom is 0.377 e. The fourth-order valence-electron chi connectivity index (χ4n) is 1.27. The van der Waals surface area contributed by atoms with Gasteiger partial charge in [0.2, 0.25) is 0 Å². The molecule has 1 aromatic carbocycles. The summed E-state index contributed by atoms with van der Waals surface area (Å²) in [5.41, 5.74) is 2.02. The van der Waals surface area contributed by atoms with Crippen LogP contribution in [-0.2, 0) is 4.74 Å². The number of rotatable bonds is 2. The summed E-state index contributed by atoms with van der Waals surface area (Å²) in [6.07, 6.45) is 1.48. The van der Waals surface area contributed by atoms with E-state index in [1.807, 2.05) is 45.0 Å². The van der Waals surface area contributed by atoms with Gasteiger partial charge < -0.3 is 4.74 Å². The molecule has 0 atom stereocenters. The number of benzene rings is 1. The molecular formula is C13H17N3O2.